The smallest absolute Gasteiger partial charge is 0.137 e. The van der Waals surface area contributed by atoms with Crippen LogP contribution < -0.4 is 9.80 Å². The molecule has 4 heteroatoms. The van der Waals surface area contributed by atoms with E-state index in [0.29, 0.717) is 0 Å². The lowest BCUT2D eigenvalue weighted by molar-refractivity contribution is 0.661. The molecule has 10 aromatic rings. The zero-order valence-corrected chi connectivity index (χ0v) is 34.1. The SMILES string of the molecule is CC1(C)c2ccccc2-c2cc3c(N(c4ccccn4)c4ccccc4-c4ccccc4)c4ccccc4c(N(c4ccccn4)c4ccccc4-c4ccccc4)c3cc21. The average Bonchev–Trinajstić information content (AvgIpc) is 3.55. The predicted molar refractivity (Wildman–Crippen MR) is 255 cm³/mol. The van der Waals surface area contributed by atoms with Crippen molar-refractivity contribution in [3.63, 3.8) is 0 Å². The number of anilines is 6. The van der Waals surface area contributed by atoms with Gasteiger partial charge in [-0.3, -0.25) is 9.80 Å². The summed E-state index contributed by atoms with van der Waals surface area (Å²) in [6.45, 7) is 4.73. The van der Waals surface area contributed by atoms with Gasteiger partial charge >= 0.3 is 0 Å². The van der Waals surface area contributed by atoms with Gasteiger partial charge in [-0.1, -0.05) is 172 Å². The van der Waals surface area contributed by atoms with E-state index in [-0.39, 0.29) is 5.41 Å². The number of rotatable bonds is 8. The molecule has 0 amide bonds. The second kappa shape index (κ2) is 14.8. The number of aromatic nitrogens is 2. The number of para-hydroxylation sites is 2. The van der Waals surface area contributed by atoms with Crippen molar-refractivity contribution >= 4 is 55.9 Å². The lowest BCUT2D eigenvalue weighted by Gasteiger charge is -2.34. The Morgan fingerprint density at radius 1 is 0.344 bits per heavy atom. The molecular formula is C57H42N4. The molecule has 8 aromatic carbocycles. The highest BCUT2D eigenvalue weighted by Crippen LogP contribution is 2.57. The summed E-state index contributed by atoms with van der Waals surface area (Å²) in [5.74, 6) is 1.67. The molecule has 11 rings (SSSR count). The fraction of sp³-hybridized carbons (Fsp3) is 0.0526. The summed E-state index contributed by atoms with van der Waals surface area (Å²) in [5, 5.41) is 4.44. The van der Waals surface area contributed by atoms with Crippen molar-refractivity contribution in [1.29, 1.82) is 0 Å². The van der Waals surface area contributed by atoms with Crippen LogP contribution in [0.3, 0.4) is 0 Å². The van der Waals surface area contributed by atoms with Crippen LogP contribution in [0.15, 0.2) is 219 Å². The number of hydrogen-bond acceptors (Lipinski definition) is 4. The quantitative estimate of drug-likeness (QED) is 0.113. The van der Waals surface area contributed by atoms with E-state index in [4.69, 9.17) is 9.97 Å². The van der Waals surface area contributed by atoms with Gasteiger partial charge in [0.2, 0.25) is 0 Å². The molecule has 0 radical (unpaired) electrons. The van der Waals surface area contributed by atoms with E-state index in [9.17, 15) is 0 Å². The first-order valence-electron chi connectivity index (χ1n) is 20.9. The molecule has 290 valence electrons. The van der Waals surface area contributed by atoms with Gasteiger partial charge in [-0.2, -0.15) is 0 Å². The lowest BCUT2D eigenvalue weighted by atomic mass is 9.81. The molecule has 0 spiro atoms. The molecule has 1 aliphatic rings. The minimum Gasteiger partial charge on any atom is -0.293 e. The van der Waals surface area contributed by atoms with Crippen molar-refractivity contribution < 1.29 is 0 Å². The minimum atomic E-state index is -0.235. The van der Waals surface area contributed by atoms with Crippen molar-refractivity contribution in [2.75, 3.05) is 9.80 Å². The molecule has 0 atom stereocenters. The Morgan fingerprint density at radius 3 is 1.28 bits per heavy atom. The first-order valence-corrected chi connectivity index (χ1v) is 20.9. The Kier molecular flexibility index (Phi) is 8.79. The zero-order valence-electron chi connectivity index (χ0n) is 34.1. The third-order valence-corrected chi connectivity index (χ3v) is 12.3. The summed E-state index contributed by atoms with van der Waals surface area (Å²) in [6.07, 6.45) is 3.79. The summed E-state index contributed by atoms with van der Waals surface area (Å²) in [5.41, 5.74) is 13.7. The van der Waals surface area contributed by atoms with Gasteiger partial charge in [-0.15, -0.1) is 0 Å². The molecular weight excluding hydrogens is 741 g/mol. The standard InChI is InChI=1S/C57H42N4/c1-57(2)49-30-14-11-27-43(49)46-37-47-48(38-50(46)57)56(61(54-34-18-20-36-59-54)52-32-16-13-26-42(52)40-23-7-4-8-24-40)45-29-10-9-28-44(45)55(47)60(53-33-17-19-35-58-53)51-31-15-12-25-41(51)39-21-5-3-6-22-39/h3-38H,1-2H3. The molecule has 0 fully saturated rings. The van der Waals surface area contributed by atoms with Crippen LogP contribution in [0.5, 0.6) is 0 Å². The van der Waals surface area contributed by atoms with Crippen LogP contribution in [-0.4, -0.2) is 9.97 Å². The fourth-order valence-corrected chi connectivity index (χ4v) is 9.56. The van der Waals surface area contributed by atoms with Gasteiger partial charge in [0.1, 0.15) is 11.6 Å². The molecule has 61 heavy (non-hydrogen) atoms. The van der Waals surface area contributed by atoms with E-state index in [1.54, 1.807) is 0 Å². The van der Waals surface area contributed by atoms with Gasteiger partial charge in [0, 0.05) is 50.5 Å². The molecule has 4 nitrogen and oxygen atoms in total. The number of pyridine rings is 2. The first kappa shape index (κ1) is 36.3. The maximum atomic E-state index is 5.12. The van der Waals surface area contributed by atoms with Gasteiger partial charge in [-0.25, -0.2) is 9.97 Å². The van der Waals surface area contributed by atoms with Gasteiger partial charge < -0.3 is 0 Å². The van der Waals surface area contributed by atoms with Gasteiger partial charge in [0.15, 0.2) is 0 Å². The largest absolute Gasteiger partial charge is 0.293 e. The topological polar surface area (TPSA) is 32.3 Å². The first-order chi connectivity index (χ1) is 30.1. The third kappa shape index (κ3) is 5.98. The molecule has 0 saturated heterocycles. The van der Waals surface area contributed by atoms with Crippen molar-refractivity contribution in [2.45, 2.75) is 19.3 Å². The minimum absolute atomic E-state index is 0.235. The van der Waals surface area contributed by atoms with Gasteiger partial charge in [0.05, 0.1) is 22.7 Å². The second-order valence-corrected chi connectivity index (χ2v) is 16.2. The lowest BCUT2D eigenvalue weighted by Crippen LogP contribution is -2.18. The molecule has 2 aromatic heterocycles. The van der Waals surface area contributed by atoms with Crippen LogP contribution in [0.2, 0.25) is 0 Å². The maximum absolute atomic E-state index is 5.12. The highest BCUT2D eigenvalue weighted by Gasteiger charge is 2.37. The molecule has 0 unspecified atom stereocenters. The van der Waals surface area contributed by atoms with E-state index in [2.05, 4.69) is 218 Å². The van der Waals surface area contributed by atoms with Crippen LogP contribution in [0.4, 0.5) is 34.4 Å². The van der Waals surface area contributed by atoms with Crippen LogP contribution in [0, 0.1) is 0 Å². The van der Waals surface area contributed by atoms with E-state index < -0.39 is 0 Å². The molecule has 0 N–H and O–H groups in total. The molecule has 0 bridgehead atoms. The van der Waals surface area contributed by atoms with Gasteiger partial charge in [-0.05, 0) is 81.9 Å². The number of nitrogens with zero attached hydrogens (tertiary/aromatic N) is 4. The monoisotopic (exact) mass is 782 g/mol. The third-order valence-electron chi connectivity index (χ3n) is 12.3. The normalized spacial score (nSPS) is 12.6. The zero-order chi connectivity index (χ0) is 40.9. The van der Waals surface area contributed by atoms with Crippen LogP contribution in [0.25, 0.3) is 54.9 Å². The Hall–Kier alpha value is -7.82. The molecule has 1 aliphatic carbocycles. The van der Waals surface area contributed by atoms with Crippen molar-refractivity contribution in [1.82, 2.24) is 9.97 Å². The summed E-state index contributed by atoms with van der Waals surface area (Å²) < 4.78 is 0. The Bertz CT molecular complexity index is 3220. The van der Waals surface area contributed by atoms with Crippen molar-refractivity contribution in [2.24, 2.45) is 0 Å². The second-order valence-electron chi connectivity index (χ2n) is 16.2. The van der Waals surface area contributed by atoms with Crippen molar-refractivity contribution in [3.8, 4) is 33.4 Å². The number of benzene rings is 8. The van der Waals surface area contributed by atoms with Crippen molar-refractivity contribution in [3.05, 3.63) is 230 Å². The van der Waals surface area contributed by atoms with E-state index in [0.717, 1.165) is 78.2 Å². The molecule has 0 aliphatic heterocycles. The van der Waals surface area contributed by atoms with Crippen LogP contribution in [-0.2, 0) is 5.41 Å². The molecule has 0 saturated carbocycles. The fourth-order valence-electron chi connectivity index (χ4n) is 9.56. The van der Waals surface area contributed by atoms with E-state index >= 15 is 0 Å². The van der Waals surface area contributed by atoms with E-state index in [1.807, 2.05) is 24.5 Å². The Morgan fingerprint density at radius 2 is 0.770 bits per heavy atom. The molecule has 2 heterocycles. The van der Waals surface area contributed by atoms with Gasteiger partial charge in [0.25, 0.3) is 0 Å². The van der Waals surface area contributed by atoms with E-state index in [1.165, 1.54) is 22.3 Å². The maximum Gasteiger partial charge on any atom is 0.137 e. The summed E-state index contributed by atoms with van der Waals surface area (Å²) in [4.78, 5) is 15.0. The summed E-state index contributed by atoms with van der Waals surface area (Å²) >= 11 is 0. The number of hydrogen-bond donors (Lipinski definition) is 0. The average molecular weight is 783 g/mol. The number of fused-ring (bicyclic) bond motifs is 5. The summed E-state index contributed by atoms with van der Waals surface area (Å²) in [7, 11) is 0. The highest BCUT2D eigenvalue weighted by atomic mass is 15.2. The van der Waals surface area contributed by atoms with Crippen LogP contribution >= 0.6 is 0 Å². The Balaban J connectivity index is 1.33. The predicted octanol–water partition coefficient (Wildman–Crippen LogP) is 15.4. The summed E-state index contributed by atoms with van der Waals surface area (Å²) in [6, 6.07) is 73.9. The Labute approximate surface area is 356 Å². The van der Waals surface area contributed by atoms with Crippen LogP contribution in [0.1, 0.15) is 25.0 Å². The highest BCUT2D eigenvalue weighted by molar-refractivity contribution is 6.24.